The molecular weight excluding hydrogens is 166 g/mol. The summed E-state index contributed by atoms with van der Waals surface area (Å²) in [6.45, 7) is 0. The van der Waals surface area contributed by atoms with Gasteiger partial charge in [0.15, 0.2) is 5.78 Å². The Balaban J connectivity index is 2.72. The Kier molecular flexibility index (Phi) is 3.04. The zero-order valence-electron chi connectivity index (χ0n) is 7.03. The Labute approximate surface area is 76.2 Å². The van der Waals surface area contributed by atoms with Gasteiger partial charge in [0, 0.05) is 18.4 Å². The van der Waals surface area contributed by atoms with Gasteiger partial charge in [0.05, 0.1) is 6.07 Å². The Morgan fingerprint density at radius 3 is 2.92 bits per heavy atom. The first-order valence-electron chi connectivity index (χ1n) is 3.93. The summed E-state index contributed by atoms with van der Waals surface area (Å²) in [5.74, 6) is -0.0414. The summed E-state index contributed by atoms with van der Waals surface area (Å²) in [4.78, 5) is 11.3. The first-order valence-corrected chi connectivity index (χ1v) is 3.93. The standard InChI is InChI=1S/C10H9NO2/c11-6-2-5-10(13)8-3-1-4-9(12)7-8/h1,3-4,7,12H,2,5H2. The predicted octanol–water partition coefficient (Wildman–Crippen LogP) is 1.88. The van der Waals surface area contributed by atoms with Crippen molar-refractivity contribution < 1.29 is 9.90 Å². The van der Waals surface area contributed by atoms with Gasteiger partial charge >= 0.3 is 0 Å². The molecule has 0 spiro atoms. The number of phenolic OH excluding ortho intramolecular Hbond substituents is 1. The fourth-order valence-corrected chi connectivity index (χ4v) is 0.993. The maximum absolute atomic E-state index is 11.3. The van der Waals surface area contributed by atoms with Crippen molar-refractivity contribution in [3.63, 3.8) is 0 Å². The van der Waals surface area contributed by atoms with Gasteiger partial charge in [-0.2, -0.15) is 5.26 Å². The van der Waals surface area contributed by atoms with E-state index in [0.717, 1.165) is 0 Å². The third-order valence-electron chi connectivity index (χ3n) is 1.63. The molecule has 0 aliphatic rings. The number of benzene rings is 1. The quantitative estimate of drug-likeness (QED) is 0.713. The molecule has 3 heteroatoms. The average molecular weight is 175 g/mol. The third kappa shape index (κ3) is 2.60. The Morgan fingerprint density at radius 1 is 1.54 bits per heavy atom. The number of nitriles is 1. The smallest absolute Gasteiger partial charge is 0.164 e. The molecule has 0 saturated carbocycles. The SMILES string of the molecule is N#CCCC(=O)c1cccc(O)c1. The van der Waals surface area contributed by atoms with E-state index in [1.165, 1.54) is 12.1 Å². The van der Waals surface area contributed by atoms with Crippen LogP contribution >= 0.6 is 0 Å². The van der Waals surface area contributed by atoms with Gasteiger partial charge < -0.3 is 5.11 Å². The second kappa shape index (κ2) is 4.27. The number of hydrogen-bond acceptors (Lipinski definition) is 3. The molecule has 0 unspecified atom stereocenters. The van der Waals surface area contributed by atoms with E-state index >= 15 is 0 Å². The minimum Gasteiger partial charge on any atom is -0.508 e. The molecule has 0 fully saturated rings. The molecule has 0 saturated heterocycles. The number of ketones is 1. The Bertz CT molecular complexity index is 352. The van der Waals surface area contributed by atoms with Gasteiger partial charge in [-0.3, -0.25) is 4.79 Å². The van der Waals surface area contributed by atoms with Crippen LogP contribution in [0, 0.1) is 11.3 Å². The summed E-state index contributed by atoms with van der Waals surface area (Å²) < 4.78 is 0. The second-order valence-electron chi connectivity index (χ2n) is 2.63. The Morgan fingerprint density at radius 2 is 2.31 bits per heavy atom. The average Bonchev–Trinajstić information content (AvgIpc) is 2.14. The number of Topliss-reactive ketones (excluding diaryl/α,β-unsaturated/α-hetero) is 1. The van der Waals surface area contributed by atoms with Gasteiger partial charge in [-0.05, 0) is 12.1 Å². The summed E-state index contributed by atoms with van der Waals surface area (Å²) in [7, 11) is 0. The van der Waals surface area contributed by atoms with E-state index < -0.39 is 0 Å². The zero-order valence-corrected chi connectivity index (χ0v) is 7.03. The third-order valence-corrected chi connectivity index (χ3v) is 1.63. The van der Waals surface area contributed by atoms with Crippen molar-refractivity contribution >= 4 is 5.78 Å². The summed E-state index contributed by atoms with van der Waals surface area (Å²) in [5.41, 5.74) is 0.454. The lowest BCUT2D eigenvalue weighted by Crippen LogP contribution is -1.97. The van der Waals surface area contributed by atoms with Gasteiger partial charge in [0.25, 0.3) is 0 Å². The number of aromatic hydroxyl groups is 1. The molecule has 1 aromatic carbocycles. The number of hydrogen-bond donors (Lipinski definition) is 1. The van der Waals surface area contributed by atoms with Crippen LogP contribution in [0.15, 0.2) is 24.3 Å². The van der Waals surface area contributed by atoms with E-state index in [0.29, 0.717) is 5.56 Å². The van der Waals surface area contributed by atoms with Crippen LogP contribution in [0.1, 0.15) is 23.2 Å². The molecule has 1 N–H and O–H groups in total. The highest BCUT2D eigenvalue weighted by molar-refractivity contribution is 5.96. The molecule has 0 amide bonds. The lowest BCUT2D eigenvalue weighted by molar-refractivity contribution is 0.0984. The molecule has 0 aliphatic heterocycles. The molecule has 0 aliphatic carbocycles. The molecule has 1 aromatic rings. The number of carbonyl (C=O) groups is 1. The van der Waals surface area contributed by atoms with Crippen LogP contribution in [-0.2, 0) is 0 Å². The molecule has 0 aromatic heterocycles. The molecular formula is C10H9NO2. The van der Waals surface area contributed by atoms with E-state index in [4.69, 9.17) is 10.4 Å². The van der Waals surface area contributed by atoms with Crippen LogP contribution in [0.2, 0.25) is 0 Å². The number of carbonyl (C=O) groups excluding carboxylic acids is 1. The molecule has 66 valence electrons. The van der Waals surface area contributed by atoms with Crippen LogP contribution in [0.25, 0.3) is 0 Å². The van der Waals surface area contributed by atoms with E-state index in [1.54, 1.807) is 12.1 Å². The van der Waals surface area contributed by atoms with E-state index in [-0.39, 0.29) is 24.4 Å². The Hall–Kier alpha value is -1.82. The zero-order chi connectivity index (χ0) is 9.68. The van der Waals surface area contributed by atoms with Crippen LogP contribution in [0.5, 0.6) is 5.75 Å². The highest BCUT2D eigenvalue weighted by atomic mass is 16.3. The molecule has 13 heavy (non-hydrogen) atoms. The number of rotatable bonds is 3. The molecule has 3 nitrogen and oxygen atoms in total. The monoisotopic (exact) mass is 175 g/mol. The topological polar surface area (TPSA) is 61.1 Å². The van der Waals surface area contributed by atoms with Crippen molar-refractivity contribution in [3.8, 4) is 11.8 Å². The lowest BCUT2D eigenvalue weighted by Gasteiger charge is -1.98. The van der Waals surface area contributed by atoms with Crippen molar-refractivity contribution in [2.75, 3.05) is 0 Å². The first-order chi connectivity index (χ1) is 6.24. The van der Waals surface area contributed by atoms with Crippen LogP contribution in [-0.4, -0.2) is 10.9 Å². The largest absolute Gasteiger partial charge is 0.508 e. The van der Waals surface area contributed by atoms with Crippen molar-refractivity contribution in [1.29, 1.82) is 5.26 Å². The molecule has 0 heterocycles. The van der Waals surface area contributed by atoms with E-state index in [2.05, 4.69) is 0 Å². The molecule has 1 rings (SSSR count). The van der Waals surface area contributed by atoms with Crippen molar-refractivity contribution in [2.24, 2.45) is 0 Å². The maximum atomic E-state index is 11.3. The van der Waals surface area contributed by atoms with Crippen molar-refractivity contribution in [2.45, 2.75) is 12.8 Å². The van der Waals surface area contributed by atoms with Gasteiger partial charge in [-0.1, -0.05) is 12.1 Å². The molecule has 0 bridgehead atoms. The summed E-state index contributed by atoms with van der Waals surface area (Å²) in [6.07, 6.45) is 0.425. The first kappa shape index (κ1) is 9.27. The van der Waals surface area contributed by atoms with Gasteiger partial charge in [-0.25, -0.2) is 0 Å². The minimum absolute atomic E-state index is 0.0720. The van der Waals surface area contributed by atoms with Crippen LogP contribution < -0.4 is 0 Å². The maximum Gasteiger partial charge on any atom is 0.164 e. The highest BCUT2D eigenvalue weighted by Crippen LogP contribution is 2.12. The van der Waals surface area contributed by atoms with Crippen molar-refractivity contribution in [1.82, 2.24) is 0 Å². The number of phenols is 1. The summed E-state index contributed by atoms with van der Waals surface area (Å²) >= 11 is 0. The van der Waals surface area contributed by atoms with E-state index in [9.17, 15) is 4.79 Å². The van der Waals surface area contributed by atoms with Crippen molar-refractivity contribution in [3.05, 3.63) is 29.8 Å². The van der Waals surface area contributed by atoms with Crippen LogP contribution in [0.3, 0.4) is 0 Å². The number of nitrogens with zero attached hydrogens (tertiary/aromatic N) is 1. The fraction of sp³-hybridized carbons (Fsp3) is 0.200. The fourth-order valence-electron chi connectivity index (χ4n) is 0.993. The van der Waals surface area contributed by atoms with Crippen LogP contribution in [0.4, 0.5) is 0 Å². The van der Waals surface area contributed by atoms with Gasteiger partial charge in [0.1, 0.15) is 5.75 Å². The highest BCUT2D eigenvalue weighted by Gasteiger charge is 2.04. The second-order valence-corrected chi connectivity index (χ2v) is 2.63. The van der Waals surface area contributed by atoms with Gasteiger partial charge in [-0.15, -0.1) is 0 Å². The summed E-state index contributed by atoms with van der Waals surface area (Å²) in [5, 5.41) is 17.3. The lowest BCUT2D eigenvalue weighted by atomic mass is 10.1. The minimum atomic E-state index is -0.113. The molecule has 0 atom stereocenters. The van der Waals surface area contributed by atoms with E-state index in [1.807, 2.05) is 6.07 Å². The normalized spacial score (nSPS) is 9.15. The molecule has 0 radical (unpaired) electrons. The van der Waals surface area contributed by atoms with Gasteiger partial charge in [0.2, 0.25) is 0 Å². The summed E-state index contributed by atoms with van der Waals surface area (Å²) in [6, 6.07) is 8.03. The predicted molar refractivity (Wildman–Crippen MR) is 47.3 cm³/mol.